The molecule has 0 aliphatic carbocycles. The molecule has 2 saturated heterocycles. The van der Waals surface area contributed by atoms with Crippen molar-refractivity contribution in [2.24, 2.45) is 0 Å². The van der Waals surface area contributed by atoms with Crippen LogP contribution in [0.3, 0.4) is 0 Å². The summed E-state index contributed by atoms with van der Waals surface area (Å²) in [4.78, 5) is 22.0. The van der Waals surface area contributed by atoms with Crippen LogP contribution < -0.4 is 20.1 Å². The number of pyridine rings is 1. The molecule has 2 bridgehead atoms. The second-order valence-electron chi connectivity index (χ2n) is 9.13. The van der Waals surface area contributed by atoms with Crippen LogP contribution in [0.2, 0.25) is 0 Å². The third-order valence-corrected chi connectivity index (χ3v) is 6.74. The van der Waals surface area contributed by atoms with E-state index >= 15 is 0 Å². The summed E-state index contributed by atoms with van der Waals surface area (Å²) in [6.07, 6.45) is -2.31. The van der Waals surface area contributed by atoms with E-state index in [1.54, 1.807) is 16.7 Å². The van der Waals surface area contributed by atoms with Crippen molar-refractivity contribution in [1.29, 1.82) is 0 Å². The molecule has 12 heteroatoms. The second-order valence-corrected chi connectivity index (χ2v) is 9.13. The largest absolute Gasteiger partial charge is 0.477 e. The highest BCUT2D eigenvalue weighted by atomic mass is 19.4. The number of ether oxygens (including phenoxy) is 3. The monoisotopic (exact) mass is 504 g/mol. The number of fused-ring (bicyclic) bond motifs is 3. The van der Waals surface area contributed by atoms with Crippen molar-refractivity contribution in [3.05, 3.63) is 70.2 Å². The first-order chi connectivity index (χ1) is 17.2. The third-order valence-electron chi connectivity index (χ3n) is 6.74. The lowest BCUT2D eigenvalue weighted by Gasteiger charge is -2.32. The van der Waals surface area contributed by atoms with Crippen molar-refractivity contribution in [3.63, 3.8) is 0 Å². The van der Waals surface area contributed by atoms with Gasteiger partial charge >= 0.3 is 11.9 Å². The van der Waals surface area contributed by atoms with Crippen LogP contribution in [0.1, 0.15) is 17.7 Å². The summed E-state index contributed by atoms with van der Waals surface area (Å²) in [5, 5.41) is 0. The lowest BCUT2D eigenvalue weighted by Crippen LogP contribution is -2.46. The van der Waals surface area contributed by atoms with Crippen molar-refractivity contribution in [2.45, 2.75) is 37.2 Å². The van der Waals surface area contributed by atoms with Gasteiger partial charge in [-0.15, -0.1) is 0 Å². The molecule has 0 saturated carbocycles. The Labute approximate surface area is 202 Å². The summed E-state index contributed by atoms with van der Waals surface area (Å²) in [6, 6.07) is 7.81. The van der Waals surface area contributed by atoms with Gasteiger partial charge in [0.05, 0.1) is 31.4 Å². The molecule has 3 aromatic rings. The number of halogens is 4. The predicted molar refractivity (Wildman–Crippen MR) is 118 cm³/mol. The zero-order chi connectivity index (χ0) is 25.1. The standard InChI is InChI=1S/C24H20F4N4O4/c25-17-7-14(1-2-18(17)36-15-3-5-29-19(8-15)24(26,27)28)4-6-34-20-9-21-31(22(33)30-20)12-23-10-16(35-13-23)11-32(21)23/h1-3,5,7-9,16H,4,6,10-13H2/t16-,23+/m0/s1. The molecule has 2 aromatic heterocycles. The van der Waals surface area contributed by atoms with Crippen LogP contribution in [-0.4, -0.2) is 45.9 Å². The van der Waals surface area contributed by atoms with Crippen molar-refractivity contribution >= 4 is 5.82 Å². The Hall–Kier alpha value is -3.67. The lowest BCUT2D eigenvalue weighted by atomic mass is 10.0. The fourth-order valence-corrected chi connectivity index (χ4v) is 5.08. The van der Waals surface area contributed by atoms with E-state index in [9.17, 15) is 22.4 Å². The summed E-state index contributed by atoms with van der Waals surface area (Å²) in [7, 11) is 0. The Morgan fingerprint density at radius 3 is 2.83 bits per heavy atom. The summed E-state index contributed by atoms with van der Waals surface area (Å²) in [5.74, 6) is -0.159. The highest BCUT2D eigenvalue weighted by molar-refractivity contribution is 5.52. The Balaban J connectivity index is 1.10. The molecule has 1 spiro atoms. The third kappa shape index (κ3) is 3.94. The quantitative estimate of drug-likeness (QED) is 0.475. The molecule has 6 rings (SSSR count). The van der Waals surface area contributed by atoms with Crippen LogP contribution in [0, 0.1) is 5.82 Å². The highest BCUT2D eigenvalue weighted by Gasteiger charge is 2.56. The smallest absolute Gasteiger partial charge is 0.433 e. The van der Waals surface area contributed by atoms with Gasteiger partial charge in [0.15, 0.2) is 11.6 Å². The van der Waals surface area contributed by atoms with Gasteiger partial charge in [-0.3, -0.25) is 9.55 Å². The van der Waals surface area contributed by atoms with Gasteiger partial charge in [-0.2, -0.15) is 18.2 Å². The Bertz CT molecular complexity index is 1400. The van der Waals surface area contributed by atoms with E-state index in [4.69, 9.17) is 14.2 Å². The van der Waals surface area contributed by atoms with E-state index in [1.807, 2.05) is 0 Å². The molecule has 36 heavy (non-hydrogen) atoms. The molecule has 0 amide bonds. The molecule has 188 valence electrons. The van der Waals surface area contributed by atoms with Gasteiger partial charge in [-0.1, -0.05) is 6.07 Å². The molecule has 2 atom stereocenters. The molecule has 2 fully saturated rings. The molecule has 5 heterocycles. The predicted octanol–water partition coefficient (Wildman–Crippen LogP) is 3.57. The average Bonchev–Trinajstić information content (AvgIpc) is 3.49. The maximum atomic E-state index is 14.5. The summed E-state index contributed by atoms with van der Waals surface area (Å²) in [6.45, 7) is 2.01. The van der Waals surface area contributed by atoms with Crippen LogP contribution >= 0.6 is 0 Å². The van der Waals surface area contributed by atoms with Crippen molar-refractivity contribution < 1.29 is 31.8 Å². The first-order valence-corrected chi connectivity index (χ1v) is 11.3. The van der Waals surface area contributed by atoms with Gasteiger partial charge in [0.2, 0.25) is 5.88 Å². The van der Waals surface area contributed by atoms with Crippen molar-refractivity contribution in [3.8, 4) is 17.4 Å². The lowest BCUT2D eigenvalue weighted by molar-refractivity contribution is -0.141. The normalized spacial score (nSPS) is 22.0. The number of rotatable bonds is 6. The van der Waals surface area contributed by atoms with Crippen LogP contribution in [0.25, 0.3) is 0 Å². The highest BCUT2D eigenvalue weighted by Crippen LogP contribution is 2.46. The van der Waals surface area contributed by atoms with Crippen LogP contribution in [-0.2, 0) is 23.9 Å². The number of alkyl halides is 3. The Morgan fingerprint density at radius 1 is 1.19 bits per heavy atom. The molecular weight excluding hydrogens is 484 g/mol. The van der Waals surface area contributed by atoms with E-state index in [2.05, 4.69) is 14.9 Å². The molecule has 0 N–H and O–H groups in total. The maximum Gasteiger partial charge on any atom is 0.433 e. The molecule has 1 aromatic carbocycles. The van der Waals surface area contributed by atoms with Crippen LogP contribution in [0.4, 0.5) is 23.4 Å². The summed E-state index contributed by atoms with van der Waals surface area (Å²) in [5.41, 5.74) is -1.11. The van der Waals surface area contributed by atoms with Gasteiger partial charge in [0, 0.05) is 37.7 Å². The van der Waals surface area contributed by atoms with Gasteiger partial charge in [0.1, 0.15) is 17.3 Å². The van der Waals surface area contributed by atoms with Gasteiger partial charge in [-0.25, -0.2) is 9.18 Å². The van der Waals surface area contributed by atoms with E-state index in [1.165, 1.54) is 18.2 Å². The van der Waals surface area contributed by atoms with E-state index in [0.29, 0.717) is 31.2 Å². The van der Waals surface area contributed by atoms with Crippen LogP contribution in [0.15, 0.2) is 47.4 Å². The summed E-state index contributed by atoms with van der Waals surface area (Å²) >= 11 is 0. The number of aromatic nitrogens is 3. The fourth-order valence-electron chi connectivity index (χ4n) is 5.08. The Morgan fingerprint density at radius 2 is 2.06 bits per heavy atom. The first-order valence-electron chi connectivity index (χ1n) is 11.3. The molecule has 3 aliphatic heterocycles. The number of morpholine rings is 1. The molecule has 8 nitrogen and oxygen atoms in total. The first kappa shape index (κ1) is 22.8. The number of nitrogens with zero attached hydrogens (tertiary/aromatic N) is 4. The van der Waals surface area contributed by atoms with Gasteiger partial charge in [0.25, 0.3) is 0 Å². The van der Waals surface area contributed by atoms with E-state index in [0.717, 1.165) is 25.0 Å². The number of hydrogen-bond donors (Lipinski definition) is 0. The number of hydrogen-bond acceptors (Lipinski definition) is 7. The zero-order valence-corrected chi connectivity index (χ0v) is 18.8. The van der Waals surface area contributed by atoms with Gasteiger partial charge < -0.3 is 19.1 Å². The molecule has 0 unspecified atom stereocenters. The minimum absolute atomic E-state index is 0.145. The molecule has 3 aliphatic rings. The fraction of sp³-hybridized carbons (Fsp3) is 0.375. The number of anilines is 1. The zero-order valence-electron chi connectivity index (χ0n) is 18.8. The minimum atomic E-state index is -4.63. The second kappa shape index (κ2) is 8.19. The van der Waals surface area contributed by atoms with Crippen molar-refractivity contribution in [1.82, 2.24) is 14.5 Å². The molecule has 0 radical (unpaired) electrons. The molecular formula is C24H20F4N4O4. The summed E-state index contributed by atoms with van der Waals surface area (Å²) < 4.78 is 71.4. The Kier molecular flexibility index (Phi) is 5.18. The SMILES string of the molecule is O=c1nc(OCCc2ccc(Oc3ccnc(C(F)(F)F)c3)c(F)c2)cc2n1C[C@]13CO[C@H](CN21)C3. The average molecular weight is 504 g/mol. The van der Waals surface area contributed by atoms with Crippen LogP contribution in [0.5, 0.6) is 17.4 Å². The van der Waals surface area contributed by atoms with Crippen molar-refractivity contribution in [2.75, 3.05) is 24.7 Å². The number of benzene rings is 1. The van der Waals surface area contributed by atoms with E-state index < -0.39 is 17.7 Å². The topological polar surface area (TPSA) is 78.7 Å². The maximum absolute atomic E-state index is 14.5. The van der Waals surface area contributed by atoms with E-state index in [-0.39, 0.29) is 41.3 Å². The van der Waals surface area contributed by atoms with Gasteiger partial charge in [-0.05, 0) is 23.8 Å². The minimum Gasteiger partial charge on any atom is -0.477 e.